The monoisotopic (exact) mass is 303 g/mol. The van der Waals surface area contributed by atoms with Crippen molar-refractivity contribution in [3.8, 4) is 0 Å². The van der Waals surface area contributed by atoms with Gasteiger partial charge < -0.3 is 5.32 Å². The summed E-state index contributed by atoms with van der Waals surface area (Å²) in [6.45, 7) is 3.35. The average molecular weight is 303 g/mol. The van der Waals surface area contributed by atoms with Gasteiger partial charge in [0.15, 0.2) is 0 Å². The van der Waals surface area contributed by atoms with Crippen molar-refractivity contribution in [2.45, 2.75) is 32.2 Å². The van der Waals surface area contributed by atoms with Gasteiger partial charge in [0.2, 0.25) is 0 Å². The van der Waals surface area contributed by atoms with Crippen LogP contribution in [0.1, 0.15) is 24.5 Å². The third-order valence-corrected chi connectivity index (χ3v) is 4.38. The van der Waals surface area contributed by atoms with Crippen LogP contribution in [0.2, 0.25) is 0 Å². The molecule has 0 heterocycles. The minimum absolute atomic E-state index is 0.497. The molecule has 1 heteroatoms. The second-order valence-electron chi connectivity index (χ2n) is 6.29. The summed E-state index contributed by atoms with van der Waals surface area (Å²) in [5, 5.41) is 6.38. The van der Waals surface area contributed by atoms with Crippen LogP contribution in [0.5, 0.6) is 0 Å². The predicted octanol–water partition coefficient (Wildman–Crippen LogP) is 4.99. The third-order valence-electron chi connectivity index (χ3n) is 4.38. The van der Waals surface area contributed by atoms with Crippen molar-refractivity contribution < 1.29 is 0 Å². The first-order valence-corrected chi connectivity index (χ1v) is 8.57. The highest BCUT2D eigenvalue weighted by Crippen LogP contribution is 2.19. The van der Waals surface area contributed by atoms with Crippen molar-refractivity contribution in [1.82, 2.24) is 5.32 Å². The van der Waals surface area contributed by atoms with Gasteiger partial charge >= 0.3 is 0 Å². The Bertz CT molecular complexity index is 728. The van der Waals surface area contributed by atoms with Crippen LogP contribution >= 0.6 is 0 Å². The lowest BCUT2D eigenvalue weighted by atomic mass is 9.99. The molecule has 0 saturated heterocycles. The van der Waals surface area contributed by atoms with Crippen molar-refractivity contribution in [1.29, 1.82) is 0 Å². The van der Waals surface area contributed by atoms with E-state index in [0.717, 1.165) is 19.4 Å². The van der Waals surface area contributed by atoms with Gasteiger partial charge in [-0.05, 0) is 54.6 Å². The molecule has 1 N–H and O–H groups in total. The molecule has 0 radical (unpaired) electrons. The first kappa shape index (κ1) is 15.8. The van der Waals surface area contributed by atoms with Crippen LogP contribution < -0.4 is 5.32 Å². The molecule has 1 atom stereocenters. The molecule has 0 aliphatic heterocycles. The van der Waals surface area contributed by atoms with Crippen LogP contribution in [0, 0.1) is 0 Å². The fourth-order valence-electron chi connectivity index (χ4n) is 3.16. The van der Waals surface area contributed by atoms with E-state index < -0.39 is 0 Å². The van der Waals surface area contributed by atoms with Crippen LogP contribution in [0.4, 0.5) is 0 Å². The van der Waals surface area contributed by atoms with E-state index in [4.69, 9.17) is 0 Å². The number of hydrogen-bond acceptors (Lipinski definition) is 1. The number of rotatable bonds is 7. The van der Waals surface area contributed by atoms with Crippen LogP contribution in [0.15, 0.2) is 72.8 Å². The Balaban J connectivity index is 1.50. The van der Waals surface area contributed by atoms with Gasteiger partial charge in [-0.15, -0.1) is 0 Å². The lowest BCUT2D eigenvalue weighted by Crippen LogP contribution is -2.29. The standard InChI is InChI=1S/C22H25N/c1-18(23-16-8-11-19-9-3-2-4-10-19)17-21-14-7-13-20-12-5-6-15-22(20)21/h2-7,9-10,12-15,18,23H,8,11,16-17H2,1H3/t18-/m1/s1. The van der Waals surface area contributed by atoms with E-state index in [1.165, 1.54) is 28.3 Å². The van der Waals surface area contributed by atoms with Crippen molar-refractivity contribution in [3.05, 3.63) is 83.9 Å². The molecule has 3 rings (SSSR count). The molecule has 23 heavy (non-hydrogen) atoms. The maximum atomic E-state index is 3.67. The zero-order valence-electron chi connectivity index (χ0n) is 13.8. The van der Waals surface area contributed by atoms with Crippen molar-refractivity contribution in [2.75, 3.05) is 6.54 Å². The Labute approximate surface area is 139 Å². The summed E-state index contributed by atoms with van der Waals surface area (Å²) in [6, 6.07) is 26.5. The van der Waals surface area contributed by atoms with Gasteiger partial charge in [-0.1, -0.05) is 72.8 Å². The third kappa shape index (κ3) is 4.43. The number of aryl methyl sites for hydroxylation is 1. The lowest BCUT2D eigenvalue weighted by Gasteiger charge is -2.15. The highest BCUT2D eigenvalue weighted by molar-refractivity contribution is 5.85. The molecule has 0 unspecified atom stereocenters. The molecule has 0 bridgehead atoms. The molecule has 118 valence electrons. The van der Waals surface area contributed by atoms with E-state index in [2.05, 4.69) is 85.0 Å². The fourth-order valence-corrected chi connectivity index (χ4v) is 3.16. The zero-order valence-corrected chi connectivity index (χ0v) is 13.8. The van der Waals surface area contributed by atoms with Gasteiger partial charge in [0, 0.05) is 6.04 Å². The van der Waals surface area contributed by atoms with Crippen molar-refractivity contribution in [2.24, 2.45) is 0 Å². The minimum atomic E-state index is 0.497. The Morgan fingerprint density at radius 2 is 1.57 bits per heavy atom. The van der Waals surface area contributed by atoms with E-state index in [1.807, 2.05) is 0 Å². The SMILES string of the molecule is C[C@H](Cc1cccc2ccccc12)NCCCc1ccccc1. The largest absolute Gasteiger partial charge is 0.314 e. The fraction of sp³-hybridized carbons (Fsp3) is 0.273. The molecule has 3 aromatic carbocycles. The molecular formula is C22H25N. The van der Waals surface area contributed by atoms with Crippen LogP contribution in [0.25, 0.3) is 10.8 Å². The Kier molecular flexibility index (Phi) is 5.44. The van der Waals surface area contributed by atoms with Crippen LogP contribution in [-0.4, -0.2) is 12.6 Å². The molecule has 0 spiro atoms. The maximum absolute atomic E-state index is 3.67. The molecule has 3 aromatic rings. The Morgan fingerprint density at radius 1 is 0.826 bits per heavy atom. The first-order chi connectivity index (χ1) is 11.3. The number of hydrogen-bond donors (Lipinski definition) is 1. The molecule has 0 fully saturated rings. The van der Waals surface area contributed by atoms with Gasteiger partial charge in [-0.25, -0.2) is 0 Å². The summed E-state index contributed by atoms with van der Waals surface area (Å²) in [7, 11) is 0. The van der Waals surface area contributed by atoms with Gasteiger partial charge in [-0.2, -0.15) is 0 Å². The quantitative estimate of drug-likeness (QED) is 0.606. The van der Waals surface area contributed by atoms with E-state index in [-0.39, 0.29) is 0 Å². The molecule has 0 aliphatic rings. The maximum Gasteiger partial charge on any atom is 0.00793 e. The second kappa shape index (κ2) is 7.94. The van der Waals surface area contributed by atoms with Crippen molar-refractivity contribution >= 4 is 10.8 Å². The summed E-state index contributed by atoms with van der Waals surface area (Å²) in [4.78, 5) is 0. The predicted molar refractivity (Wildman–Crippen MR) is 99.9 cm³/mol. The summed E-state index contributed by atoms with van der Waals surface area (Å²) >= 11 is 0. The minimum Gasteiger partial charge on any atom is -0.314 e. The summed E-state index contributed by atoms with van der Waals surface area (Å²) in [5.41, 5.74) is 2.86. The lowest BCUT2D eigenvalue weighted by molar-refractivity contribution is 0.535. The van der Waals surface area contributed by atoms with E-state index >= 15 is 0 Å². The van der Waals surface area contributed by atoms with Crippen LogP contribution in [0.3, 0.4) is 0 Å². The first-order valence-electron chi connectivity index (χ1n) is 8.57. The highest BCUT2D eigenvalue weighted by Gasteiger charge is 2.06. The average Bonchev–Trinajstić information content (AvgIpc) is 2.60. The van der Waals surface area contributed by atoms with Gasteiger partial charge in [0.25, 0.3) is 0 Å². The van der Waals surface area contributed by atoms with Gasteiger partial charge in [0.05, 0.1) is 0 Å². The molecule has 0 saturated carbocycles. The number of fused-ring (bicyclic) bond motifs is 1. The highest BCUT2D eigenvalue weighted by atomic mass is 14.9. The van der Waals surface area contributed by atoms with E-state index in [0.29, 0.717) is 6.04 Å². The zero-order chi connectivity index (χ0) is 15.9. The molecule has 0 amide bonds. The number of benzene rings is 3. The smallest absolute Gasteiger partial charge is 0.00793 e. The summed E-state index contributed by atoms with van der Waals surface area (Å²) in [5.74, 6) is 0. The van der Waals surface area contributed by atoms with E-state index in [1.54, 1.807) is 0 Å². The van der Waals surface area contributed by atoms with Crippen molar-refractivity contribution in [3.63, 3.8) is 0 Å². The van der Waals surface area contributed by atoms with Gasteiger partial charge in [0.1, 0.15) is 0 Å². The molecule has 0 aromatic heterocycles. The molecule has 1 nitrogen and oxygen atoms in total. The summed E-state index contributed by atoms with van der Waals surface area (Å²) < 4.78 is 0. The number of nitrogens with one attached hydrogen (secondary N) is 1. The Hall–Kier alpha value is -2.12. The van der Waals surface area contributed by atoms with Gasteiger partial charge in [-0.3, -0.25) is 0 Å². The molecule has 0 aliphatic carbocycles. The normalized spacial score (nSPS) is 12.4. The summed E-state index contributed by atoms with van der Waals surface area (Å²) in [6.07, 6.45) is 3.41. The Morgan fingerprint density at radius 3 is 2.43 bits per heavy atom. The molecular weight excluding hydrogens is 278 g/mol. The second-order valence-corrected chi connectivity index (χ2v) is 6.29. The van der Waals surface area contributed by atoms with Crippen LogP contribution in [-0.2, 0) is 12.8 Å². The topological polar surface area (TPSA) is 12.0 Å². The van der Waals surface area contributed by atoms with E-state index in [9.17, 15) is 0 Å².